The topological polar surface area (TPSA) is 149 Å². The van der Waals surface area contributed by atoms with Gasteiger partial charge in [0.25, 0.3) is 20.2 Å². The minimum atomic E-state index is -5.30. The Labute approximate surface area is 110 Å². The maximum Gasteiger partial charge on any atom is 0.299 e. The summed E-state index contributed by atoms with van der Waals surface area (Å²) in [6.07, 6.45) is 1.09. The first kappa shape index (κ1) is 18.0. The van der Waals surface area contributed by atoms with Gasteiger partial charge in [-0.05, 0) is 12.2 Å². The maximum atomic E-state index is 11.1. The zero-order valence-corrected chi connectivity index (χ0v) is 11.3. The lowest BCUT2D eigenvalue weighted by atomic mass is 9.94. The smallest absolute Gasteiger partial charge is 0.299 e. The van der Waals surface area contributed by atoms with Crippen LogP contribution in [-0.2, 0) is 20.2 Å². The second-order valence-electron chi connectivity index (χ2n) is 3.58. The first-order valence-corrected chi connectivity index (χ1v) is 7.48. The van der Waals surface area contributed by atoms with Crippen molar-refractivity contribution in [1.82, 2.24) is 0 Å². The Morgan fingerprint density at radius 3 is 1.21 bits per heavy atom. The molecule has 0 aliphatic rings. The van der Waals surface area contributed by atoms with Gasteiger partial charge in [-0.25, -0.2) is 0 Å². The molecule has 0 bridgehead atoms. The fourth-order valence-corrected chi connectivity index (χ4v) is 3.11. The van der Waals surface area contributed by atoms with Gasteiger partial charge in [0.2, 0.25) is 9.87 Å². The zero-order valence-electron chi connectivity index (χ0n) is 9.67. The molecule has 0 aliphatic carbocycles. The highest BCUT2D eigenvalue weighted by Crippen LogP contribution is 2.38. The number of rotatable bonds is 7. The van der Waals surface area contributed by atoms with Crippen LogP contribution < -0.4 is 0 Å². The van der Waals surface area contributed by atoms with Gasteiger partial charge in [0, 0.05) is 0 Å². The summed E-state index contributed by atoms with van der Waals surface area (Å²) in [5, 5.41) is 19.7. The van der Waals surface area contributed by atoms with Gasteiger partial charge >= 0.3 is 0 Å². The fourth-order valence-electron chi connectivity index (χ4n) is 1.42. The predicted octanol–water partition coefficient (Wildman–Crippen LogP) is -0.687. The van der Waals surface area contributed by atoms with E-state index in [0.29, 0.717) is 6.08 Å². The molecule has 0 saturated heterocycles. The molecule has 0 aliphatic heterocycles. The summed E-state index contributed by atoms with van der Waals surface area (Å²) < 4.78 is 62.4. The van der Waals surface area contributed by atoms with E-state index in [4.69, 9.17) is 9.11 Å². The van der Waals surface area contributed by atoms with E-state index in [1.54, 1.807) is 0 Å². The van der Waals surface area contributed by atoms with Crippen molar-refractivity contribution < 1.29 is 36.2 Å². The molecule has 0 rings (SSSR count). The number of aliphatic hydroxyl groups is 2. The normalized spacial score (nSPS) is 20.6. The van der Waals surface area contributed by atoms with E-state index in [0.717, 1.165) is 0 Å². The second kappa shape index (κ2) is 5.15. The minimum absolute atomic E-state index is 0.286. The molecule has 0 aromatic rings. The van der Waals surface area contributed by atoms with Crippen LogP contribution in [-0.4, -0.2) is 46.0 Å². The van der Waals surface area contributed by atoms with Gasteiger partial charge in [-0.15, -0.1) is 6.58 Å². The largest absolute Gasteiger partial charge is 0.369 e. The lowest BCUT2D eigenvalue weighted by Crippen LogP contribution is -2.56. The van der Waals surface area contributed by atoms with Crippen LogP contribution in [0.15, 0.2) is 38.0 Å². The molecule has 10 heteroatoms. The molecule has 0 heterocycles. The minimum Gasteiger partial charge on any atom is -0.369 e. The van der Waals surface area contributed by atoms with Crippen molar-refractivity contribution in [1.29, 1.82) is 0 Å². The molecule has 4 N–H and O–H groups in total. The fraction of sp³-hybridized carbons (Fsp3) is 0.333. The molecule has 8 nitrogen and oxygen atoms in total. The quantitative estimate of drug-likeness (QED) is 0.356. The average molecular weight is 314 g/mol. The summed E-state index contributed by atoms with van der Waals surface area (Å²) in [5.41, 5.74) is 0. The van der Waals surface area contributed by atoms with Gasteiger partial charge in [-0.1, -0.05) is 19.2 Å². The Morgan fingerprint density at radius 2 is 1.11 bits per heavy atom. The molecular formula is C9H14O8S2. The highest BCUT2D eigenvalue weighted by Gasteiger charge is 2.58. The first-order chi connectivity index (χ1) is 8.31. The van der Waals surface area contributed by atoms with Gasteiger partial charge < -0.3 is 10.2 Å². The van der Waals surface area contributed by atoms with E-state index < -0.39 is 36.0 Å². The van der Waals surface area contributed by atoms with Crippen LogP contribution in [0.3, 0.4) is 0 Å². The Hall–Kier alpha value is -1.04. The van der Waals surface area contributed by atoms with E-state index in [-0.39, 0.29) is 12.2 Å². The van der Waals surface area contributed by atoms with Crippen LogP contribution in [0, 0.1) is 5.92 Å². The molecule has 0 amide bonds. The molecule has 110 valence electrons. The van der Waals surface area contributed by atoms with Crippen molar-refractivity contribution in [3.8, 4) is 0 Å². The third-order valence-corrected chi connectivity index (χ3v) is 5.03. The Morgan fingerprint density at radius 1 is 0.842 bits per heavy atom. The van der Waals surface area contributed by atoms with E-state index in [1.165, 1.54) is 0 Å². The Balaban J connectivity index is 6.45. The molecular weight excluding hydrogens is 300 g/mol. The van der Waals surface area contributed by atoms with E-state index >= 15 is 0 Å². The zero-order chi connectivity index (χ0) is 15.7. The second-order valence-corrected chi connectivity index (χ2v) is 6.78. The van der Waals surface area contributed by atoms with Crippen molar-refractivity contribution in [2.45, 2.75) is 9.87 Å². The van der Waals surface area contributed by atoms with Gasteiger partial charge in [0.15, 0.2) is 0 Å². The SMILES string of the molecule is C=CC(C(O)(C=C)S(=O)(=O)O)C(O)(C=C)S(=O)(=O)O. The van der Waals surface area contributed by atoms with Crippen molar-refractivity contribution >= 4 is 20.2 Å². The van der Waals surface area contributed by atoms with Gasteiger partial charge in [0.05, 0.1) is 5.92 Å². The standard InChI is InChI=1S/C9H14O8S2/c1-4-7(8(10,5-2)18(12,13)14)9(11,6-3)19(15,16)17/h4-7,10-11H,1-3H2,(H,12,13,14)(H,15,16,17). The lowest BCUT2D eigenvalue weighted by molar-refractivity contribution is 0.0249. The Bertz CT molecular complexity index is 540. The van der Waals surface area contributed by atoms with Crippen LogP contribution >= 0.6 is 0 Å². The van der Waals surface area contributed by atoms with Crippen molar-refractivity contribution in [3.05, 3.63) is 38.0 Å². The molecule has 0 aromatic heterocycles. The van der Waals surface area contributed by atoms with Crippen molar-refractivity contribution in [2.75, 3.05) is 0 Å². The molecule has 0 spiro atoms. The lowest BCUT2D eigenvalue weighted by Gasteiger charge is -2.36. The third kappa shape index (κ3) is 2.78. The summed E-state index contributed by atoms with van der Waals surface area (Å²) >= 11 is 0. The maximum absolute atomic E-state index is 11.1. The first-order valence-electron chi connectivity index (χ1n) is 4.60. The third-order valence-electron chi connectivity index (χ3n) is 2.54. The van der Waals surface area contributed by atoms with Crippen LogP contribution in [0.25, 0.3) is 0 Å². The van der Waals surface area contributed by atoms with Crippen molar-refractivity contribution in [3.63, 3.8) is 0 Å². The number of hydrogen-bond donors (Lipinski definition) is 4. The van der Waals surface area contributed by atoms with E-state index in [2.05, 4.69) is 19.7 Å². The van der Waals surface area contributed by atoms with Gasteiger partial charge in [0.1, 0.15) is 0 Å². The molecule has 2 atom stereocenters. The number of hydrogen-bond acceptors (Lipinski definition) is 6. The monoisotopic (exact) mass is 314 g/mol. The highest BCUT2D eigenvalue weighted by atomic mass is 32.2. The summed E-state index contributed by atoms with van der Waals surface area (Å²) in [4.78, 5) is -6.60. The summed E-state index contributed by atoms with van der Waals surface area (Å²) in [6, 6.07) is 0. The molecule has 0 radical (unpaired) electrons. The molecule has 0 fully saturated rings. The average Bonchev–Trinajstić information content (AvgIpc) is 2.26. The van der Waals surface area contributed by atoms with Gasteiger partial charge in [-0.3, -0.25) is 9.11 Å². The Kier molecular flexibility index (Phi) is 4.87. The van der Waals surface area contributed by atoms with Crippen LogP contribution in [0.2, 0.25) is 0 Å². The van der Waals surface area contributed by atoms with Crippen molar-refractivity contribution in [2.24, 2.45) is 5.92 Å². The molecule has 0 saturated carbocycles. The van der Waals surface area contributed by atoms with Crippen LogP contribution in [0.4, 0.5) is 0 Å². The summed E-state index contributed by atoms with van der Waals surface area (Å²) in [6.45, 7) is 8.93. The van der Waals surface area contributed by atoms with Crippen LogP contribution in [0.5, 0.6) is 0 Å². The summed E-state index contributed by atoms with van der Waals surface area (Å²) in [7, 11) is -10.6. The summed E-state index contributed by atoms with van der Waals surface area (Å²) in [5.74, 6) is -2.28. The van der Waals surface area contributed by atoms with Gasteiger partial charge in [-0.2, -0.15) is 16.8 Å². The van der Waals surface area contributed by atoms with Crippen LogP contribution in [0.1, 0.15) is 0 Å². The molecule has 2 unspecified atom stereocenters. The van der Waals surface area contributed by atoms with E-state index in [1.807, 2.05) is 0 Å². The highest BCUT2D eigenvalue weighted by molar-refractivity contribution is 7.88. The molecule has 0 aromatic carbocycles. The molecule has 19 heavy (non-hydrogen) atoms. The van der Waals surface area contributed by atoms with E-state index in [9.17, 15) is 27.0 Å². The predicted molar refractivity (Wildman–Crippen MR) is 67.1 cm³/mol.